The summed E-state index contributed by atoms with van der Waals surface area (Å²) in [6.45, 7) is 0.944. The predicted molar refractivity (Wildman–Crippen MR) is 97.2 cm³/mol. The van der Waals surface area contributed by atoms with Crippen LogP contribution >= 0.6 is 23.2 Å². The maximum absolute atomic E-state index is 12.0. The lowest BCUT2D eigenvalue weighted by molar-refractivity contribution is -0.148. The van der Waals surface area contributed by atoms with Gasteiger partial charge in [0.15, 0.2) is 6.61 Å². The van der Waals surface area contributed by atoms with Gasteiger partial charge in [-0.25, -0.2) is 9.78 Å². The number of pyridine rings is 1. The molecule has 2 N–H and O–H groups in total. The zero-order chi connectivity index (χ0) is 19.1. The van der Waals surface area contributed by atoms with E-state index in [-0.39, 0.29) is 5.82 Å². The molecule has 1 heterocycles. The Kier molecular flexibility index (Phi) is 6.94. The predicted octanol–water partition coefficient (Wildman–Crippen LogP) is 2.69. The summed E-state index contributed by atoms with van der Waals surface area (Å²) >= 11 is 11.4. The smallest absolute Gasteiger partial charge is 0.328 e. The van der Waals surface area contributed by atoms with Crippen molar-refractivity contribution in [3.63, 3.8) is 0 Å². The van der Waals surface area contributed by atoms with Crippen molar-refractivity contribution in [3.05, 3.63) is 58.2 Å². The van der Waals surface area contributed by atoms with Gasteiger partial charge in [0.25, 0.3) is 11.8 Å². The third kappa shape index (κ3) is 6.02. The lowest BCUT2D eigenvalue weighted by Crippen LogP contribution is -2.40. The van der Waals surface area contributed by atoms with Crippen molar-refractivity contribution in [2.45, 2.75) is 13.0 Å². The maximum Gasteiger partial charge on any atom is 0.328 e. The molecule has 7 nitrogen and oxygen atoms in total. The van der Waals surface area contributed by atoms with E-state index in [1.165, 1.54) is 31.3 Å². The van der Waals surface area contributed by atoms with E-state index in [1.807, 2.05) is 0 Å². The molecule has 0 spiro atoms. The minimum atomic E-state index is -0.931. The number of carbonyl (C=O) groups excluding carboxylic acids is 3. The Balaban J connectivity index is 1.79. The number of aromatic nitrogens is 1. The van der Waals surface area contributed by atoms with Crippen molar-refractivity contribution in [1.29, 1.82) is 0 Å². The Bertz CT molecular complexity index is 795. The molecule has 2 aromatic rings. The summed E-state index contributed by atoms with van der Waals surface area (Å²) in [6, 6.07) is 8.33. The first-order chi connectivity index (χ1) is 12.3. The number of nitrogens with one attached hydrogen (secondary N) is 2. The van der Waals surface area contributed by atoms with Gasteiger partial charge in [-0.3, -0.25) is 9.59 Å². The Hall–Kier alpha value is -2.64. The zero-order valence-electron chi connectivity index (χ0n) is 13.7. The van der Waals surface area contributed by atoms with Crippen LogP contribution in [0.5, 0.6) is 0 Å². The fraction of sp³-hybridized carbons (Fsp3) is 0.176. The average molecular weight is 396 g/mol. The van der Waals surface area contributed by atoms with E-state index in [0.717, 1.165) is 0 Å². The van der Waals surface area contributed by atoms with Gasteiger partial charge >= 0.3 is 5.97 Å². The van der Waals surface area contributed by atoms with Crippen molar-refractivity contribution in [2.75, 3.05) is 11.9 Å². The summed E-state index contributed by atoms with van der Waals surface area (Å²) in [6.07, 6.45) is 1.37. The van der Waals surface area contributed by atoms with Crippen molar-refractivity contribution in [2.24, 2.45) is 0 Å². The van der Waals surface area contributed by atoms with Gasteiger partial charge in [-0.05, 0) is 43.3 Å². The van der Waals surface area contributed by atoms with Crippen LogP contribution in [0.3, 0.4) is 0 Å². The SMILES string of the molecule is C[C@H](NC(=O)c1ccc(Cl)cc1)C(=O)OCC(=O)Nc1ccc(Cl)cn1. The first-order valence-electron chi connectivity index (χ1n) is 7.49. The van der Waals surface area contributed by atoms with Gasteiger partial charge in [0.2, 0.25) is 0 Å². The summed E-state index contributed by atoms with van der Waals surface area (Å²) < 4.78 is 4.88. The highest BCUT2D eigenvalue weighted by atomic mass is 35.5. The molecule has 0 aliphatic rings. The fourth-order valence-electron chi connectivity index (χ4n) is 1.83. The molecule has 1 aromatic carbocycles. The zero-order valence-corrected chi connectivity index (χ0v) is 15.2. The lowest BCUT2D eigenvalue weighted by Gasteiger charge is -2.13. The van der Waals surface area contributed by atoms with E-state index < -0.39 is 30.4 Å². The lowest BCUT2D eigenvalue weighted by atomic mass is 10.2. The molecule has 2 amide bonds. The van der Waals surface area contributed by atoms with Crippen LogP contribution in [0, 0.1) is 0 Å². The van der Waals surface area contributed by atoms with Crippen molar-refractivity contribution in [3.8, 4) is 0 Å². The number of nitrogens with zero attached hydrogens (tertiary/aromatic N) is 1. The summed E-state index contributed by atoms with van der Waals surface area (Å²) in [4.78, 5) is 39.5. The standard InChI is InChI=1S/C17H15Cl2N3O4/c1-10(21-16(24)11-2-4-12(18)5-3-11)17(25)26-9-15(23)22-14-7-6-13(19)8-20-14/h2-8,10H,9H2,1H3,(H,21,24)(H,20,22,23)/t10-/m0/s1. The number of benzene rings is 1. The Morgan fingerprint density at radius 3 is 2.35 bits per heavy atom. The average Bonchev–Trinajstić information content (AvgIpc) is 2.62. The minimum Gasteiger partial charge on any atom is -0.454 e. The van der Waals surface area contributed by atoms with E-state index in [9.17, 15) is 14.4 Å². The number of amides is 2. The molecule has 1 atom stereocenters. The number of anilines is 1. The van der Waals surface area contributed by atoms with Crippen LogP contribution in [-0.4, -0.2) is 35.4 Å². The van der Waals surface area contributed by atoms with Crippen LogP contribution in [0.1, 0.15) is 17.3 Å². The highest BCUT2D eigenvalue weighted by molar-refractivity contribution is 6.30. The van der Waals surface area contributed by atoms with Crippen LogP contribution < -0.4 is 10.6 Å². The molecule has 0 aliphatic heterocycles. The molecule has 0 bridgehead atoms. The summed E-state index contributed by atoms with van der Waals surface area (Å²) in [5.74, 6) is -1.49. The second kappa shape index (κ2) is 9.17. The summed E-state index contributed by atoms with van der Waals surface area (Å²) in [5.41, 5.74) is 0.348. The molecular weight excluding hydrogens is 381 g/mol. The van der Waals surface area contributed by atoms with E-state index in [1.54, 1.807) is 18.2 Å². The van der Waals surface area contributed by atoms with Crippen molar-refractivity contribution in [1.82, 2.24) is 10.3 Å². The molecule has 2 rings (SSSR count). The molecule has 0 radical (unpaired) electrons. The quantitative estimate of drug-likeness (QED) is 0.732. The summed E-state index contributed by atoms with van der Waals surface area (Å²) in [7, 11) is 0. The van der Waals surface area contributed by atoms with Crippen LogP contribution in [0.25, 0.3) is 0 Å². The van der Waals surface area contributed by atoms with E-state index in [4.69, 9.17) is 27.9 Å². The van der Waals surface area contributed by atoms with E-state index in [2.05, 4.69) is 15.6 Å². The Morgan fingerprint density at radius 1 is 1.08 bits per heavy atom. The highest BCUT2D eigenvalue weighted by Gasteiger charge is 2.19. The topological polar surface area (TPSA) is 97.4 Å². The second-order valence-corrected chi connectivity index (χ2v) is 6.09. The van der Waals surface area contributed by atoms with Crippen molar-refractivity contribution < 1.29 is 19.1 Å². The first-order valence-corrected chi connectivity index (χ1v) is 8.25. The van der Waals surface area contributed by atoms with Crippen LogP contribution in [0.15, 0.2) is 42.6 Å². The fourth-order valence-corrected chi connectivity index (χ4v) is 2.07. The molecule has 0 saturated heterocycles. The number of halogens is 2. The minimum absolute atomic E-state index is 0.277. The third-order valence-corrected chi connectivity index (χ3v) is 3.62. The summed E-state index contributed by atoms with van der Waals surface area (Å²) in [5, 5.41) is 5.86. The molecular formula is C17H15Cl2N3O4. The van der Waals surface area contributed by atoms with Gasteiger partial charge in [0.1, 0.15) is 11.9 Å². The number of rotatable bonds is 6. The molecule has 0 unspecified atom stereocenters. The number of ether oxygens (including phenoxy) is 1. The molecule has 0 fully saturated rings. The molecule has 0 saturated carbocycles. The Morgan fingerprint density at radius 2 is 1.73 bits per heavy atom. The van der Waals surface area contributed by atoms with Gasteiger partial charge in [0.05, 0.1) is 5.02 Å². The molecule has 9 heteroatoms. The van der Waals surface area contributed by atoms with Crippen LogP contribution in [0.2, 0.25) is 10.0 Å². The monoisotopic (exact) mass is 395 g/mol. The Labute approximate surface area is 159 Å². The van der Waals surface area contributed by atoms with Gasteiger partial charge in [-0.15, -0.1) is 0 Å². The maximum atomic E-state index is 12.0. The van der Waals surface area contributed by atoms with Gasteiger partial charge < -0.3 is 15.4 Å². The molecule has 0 aliphatic carbocycles. The van der Waals surface area contributed by atoms with Gasteiger partial charge in [0, 0.05) is 16.8 Å². The van der Waals surface area contributed by atoms with Gasteiger partial charge in [-0.2, -0.15) is 0 Å². The third-order valence-electron chi connectivity index (χ3n) is 3.15. The largest absolute Gasteiger partial charge is 0.454 e. The molecule has 136 valence electrons. The highest BCUT2D eigenvalue weighted by Crippen LogP contribution is 2.10. The van der Waals surface area contributed by atoms with E-state index >= 15 is 0 Å². The van der Waals surface area contributed by atoms with Crippen molar-refractivity contribution >= 4 is 46.8 Å². The number of hydrogen-bond donors (Lipinski definition) is 2. The molecule has 26 heavy (non-hydrogen) atoms. The second-order valence-electron chi connectivity index (χ2n) is 5.22. The number of hydrogen-bond acceptors (Lipinski definition) is 5. The molecule has 1 aromatic heterocycles. The van der Waals surface area contributed by atoms with E-state index in [0.29, 0.717) is 15.6 Å². The normalized spacial score (nSPS) is 11.3. The van der Waals surface area contributed by atoms with Gasteiger partial charge in [-0.1, -0.05) is 23.2 Å². The number of carbonyl (C=O) groups is 3. The number of esters is 1. The first kappa shape index (κ1) is 19.7. The van der Waals surface area contributed by atoms with Crippen LogP contribution in [-0.2, 0) is 14.3 Å². The van der Waals surface area contributed by atoms with Crippen LogP contribution in [0.4, 0.5) is 5.82 Å².